The minimum absolute atomic E-state index is 0.124. The van der Waals surface area contributed by atoms with Crippen LogP contribution in [0.4, 0.5) is 0 Å². The van der Waals surface area contributed by atoms with Crippen LogP contribution in [0.25, 0.3) is 0 Å². The normalized spacial score (nSPS) is 15.9. The molecule has 0 radical (unpaired) electrons. The van der Waals surface area contributed by atoms with Crippen molar-refractivity contribution in [3.8, 4) is 0 Å². The first-order chi connectivity index (χ1) is 6.61. The number of likely N-dealkylation sites (N-methyl/N-ethyl adjacent to an activating group) is 1. The fourth-order valence-electron chi connectivity index (χ4n) is 1.37. The monoisotopic (exact) mass is 203 g/mol. The van der Waals surface area contributed by atoms with Crippen LogP contribution in [-0.4, -0.2) is 49.5 Å². The van der Waals surface area contributed by atoms with Crippen molar-refractivity contribution in [1.82, 2.24) is 4.90 Å². The summed E-state index contributed by atoms with van der Waals surface area (Å²) in [6, 6.07) is 0.457. The third-order valence-electron chi connectivity index (χ3n) is 2.68. The maximum absolute atomic E-state index is 9.37. The molecule has 0 saturated carbocycles. The molecular formula is C11H25NO2. The Balaban J connectivity index is 3.47. The average molecular weight is 203 g/mol. The maximum atomic E-state index is 9.37. The van der Waals surface area contributed by atoms with Gasteiger partial charge in [-0.3, -0.25) is 0 Å². The molecule has 0 aromatic carbocycles. The van der Waals surface area contributed by atoms with Crippen LogP contribution in [0.5, 0.6) is 0 Å². The topological polar surface area (TPSA) is 32.7 Å². The van der Waals surface area contributed by atoms with E-state index in [0.29, 0.717) is 6.04 Å². The lowest BCUT2D eigenvalue weighted by Crippen LogP contribution is -2.33. The molecule has 2 atom stereocenters. The summed E-state index contributed by atoms with van der Waals surface area (Å²) in [6.07, 6.45) is 2.69. The summed E-state index contributed by atoms with van der Waals surface area (Å²) in [5.41, 5.74) is 0. The highest BCUT2D eigenvalue weighted by Gasteiger charge is 2.08. The lowest BCUT2D eigenvalue weighted by molar-refractivity contribution is 0.107. The first-order valence-electron chi connectivity index (χ1n) is 5.49. The van der Waals surface area contributed by atoms with Crippen molar-refractivity contribution in [3.63, 3.8) is 0 Å². The molecule has 0 rings (SSSR count). The van der Waals surface area contributed by atoms with Crippen LogP contribution in [0.3, 0.4) is 0 Å². The first-order valence-corrected chi connectivity index (χ1v) is 5.49. The van der Waals surface area contributed by atoms with E-state index >= 15 is 0 Å². The minimum atomic E-state index is -0.124. The zero-order chi connectivity index (χ0) is 11.0. The molecule has 0 spiro atoms. The SMILES string of the molecule is CCC(O)CCCN(C)C(C)COC. The van der Waals surface area contributed by atoms with Gasteiger partial charge in [-0.25, -0.2) is 0 Å². The predicted octanol–water partition coefficient (Wildman–Crippen LogP) is 1.50. The summed E-state index contributed by atoms with van der Waals surface area (Å²) in [6.45, 7) is 5.97. The van der Waals surface area contributed by atoms with Crippen LogP contribution in [0.15, 0.2) is 0 Å². The fraction of sp³-hybridized carbons (Fsp3) is 1.00. The summed E-state index contributed by atoms with van der Waals surface area (Å²) >= 11 is 0. The van der Waals surface area contributed by atoms with Crippen LogP contribution in [0, 0.1) is 0 Å². The number of rotatable bonds is 8. The van der Waals surface area contributed by atoms with E-state index in [4.69, 9.17) is 4.74 Å². The molecule has 1 N–H and O–H groups in total. The van der Waals surface area contributed by atoms with E-state index in [9.17, 15) is 5.11 Å². The summed E-state index contributed by atoms with van der Waals surface area (Å²) in [5.74, 6) is 0. The van der Waals surface area contributed by atoms with Crippen molar-refractivity contribution in [2.45, 2.75) is 45.3 Å². The predicted molar refractivity (Wildman–Crippen MR) is 59.5 cm³/mol. The minimum Gasteiger partial charge on any atom is -0.393 e. The first kappa shape index (κ1) is 13.9. The van der Waals surface area contributed by atoms with Gasteiger partial charge in [0.2, 0.25) is 0 Å². The van der Waals surface area contributed by atoms with Gasteiger partial charge >= 0.3 is 0 Å². The Morgan fingerprint density at radius 2 is 2.07 bits per heavy atom. The Bertz CT molecular complexity index is 130. The van der Waals surface area contributed by atoms with E-state index in [1.54, 1.807) is 7.11 Å². The van der Waals surface area contributed by atoms with Crippen LogP contribution < -0.4 is 0 Å². The van der Waals surface area contributed by atoms with Gasteiger partial charge < -0.3 is 14.7 Å². The van der Waals surface area contributed by atoms with Gasteiger partial charge in [-0.2, -0.15) is 0 Å². The van der Waals surface area contributed by atoms with Crippen LogP contribution in [0.2, 0.25) is 0 Å². The number of aliphatic hydroxyl groups excluding tert-OH is 1. The average Bonchev–Trinajstić information content (AvgIpc) is 2.17. The number of methoxy groups -OCH3 is 1. The summed E-state index contributed by atoms with van der Waals surface area (Å²) in [4.78, 5) is 2.27. The summed E-state index contributed by atoms with van der Waals surface area (Å²) < 4.78 is 5.08. The van der Waals surface area contributed by atoms with E-state index in [2.05, 4.69) is 18.9 Å². The van der Waals surface area contributed by atoms with Crippen LogP contribution in [-0.2, 0) is 4.74 Å². The number of aliphatic hydroxyl groups is 1. The Kier molecular flexibility index (Phi) is 8.14. The molecule has 3 nitrogen and oxygen atoms in total. The molecule has 14 heavy (non-hydrogen) atoms. The molecule has 0 aromatic heterocycles. The van der Waals surface area contributed by atoms with E-state index < -0.39 is 0 Å². The molecule has 0 bridgehead atoms. The number of nitrogens with zero attached hydrogens (tertiary/aromatic N) is 1. The van der Waals surface area contributed by atoms with Gasteiger partial charge in [-0.15, -0.1) is 0 Å². The van der Waals surface area contributed by atoms with Crippen molar-refractivity contribution < 1.29 is 9.84 Å². The number of ether oxygens (including phenoxy) is 1. The molecule has 2 unspecified atom stereocenters. The molecule has 0 fully saturated rings. The standard InChI is InChI=1S/C11H25NO2/c1-5-11(13)7-6-8-12(3)10(2)9-14-4/h10-11,13H,5-9H2,1-4H3. The van der Waals surface area contributed by atoms with Crippen molar-refractivity contribution in [2.24, 2.45) is 0 Å². The van der Waals surface area contributed by atoms with Crippen LogP contribution in [0.1, 0.15) is 33.1 Å². The fourth-order valence-corrected chi connectivity index (χ4v) is 1.37. The smallest absolute Gasteiger partial charge is 0.0615 e. The molecule has 3 heteroatoms. The second-order valence-electron chi connectivity index (χ2n) is 3.99. The Hall–Kier alpha value is -0.120. The van der Waals surface area contributed by atoms with Gasteiger partial charge in [0.05, 0.1) is 12.7 Å². The van der Waals surface area contributed by atoms with E-state index in [1.165, 1.54) is 0 Å². The maximum Gasteiger partial charge on any atom is 0.0615 e. The molecule has 0 heterocycles. The zero-order valence-electron chi connectivity index (χ0n) is 9.99. The van der Waals surface area contributed by atoms with Crippen molar-refractivity contribution in [2.75, 3.05) is 27.3 Å². The lowest BCUT2D eigenvalue weighted by Gasteiger charge is -2.24. The van der Waals surface area contributed by atoms with Gasteiger partial charge in [-0.05, 0) is 39.8 Å². The highest BCUT2D eigenvalue weighted by atomic mass is 16.5. The largest absolute Gasteiger partial charge is 0.393 e. The Morgan fingerprint density at radius 3 is 2.57 bits per heavy atom. The molecular weight excluding hydrogens is 178 g/mol. The zero-order valence-corrected chi connectivity index (χ0v) is 9.99. The van der Waals surface area contributed by atoms with Gasteiger partial charge in [-0.1, -0.05) is 6.92 Å². The molecule has 0 aliphatic carbocycles. The molecule has 0 aromatic rings. The van der Waals surface area contributed by atoms with Gasteiger partial charge in [0.15, 0.2) is 0 Å². The third-order valence-corrected chi connectivity index (χ3v) is 2.68. The van der Waals surface area contributed by atoms with E-state index in [1.807, 2.05) is 6.92 Å². The molecule has 0 saturated heterocycles. The Labute approximate surface area is 88.1 Å². The van der Waals surface area contributed by atoms with Crippen molar-refractivity contribution in [1.29, 1.82) is 0 Å². The second kappa shape index (κ2) is 8.21. The quantitative estimate of drug-likeness (QED) is 0.649. The Morgan fingerprint density at radius 1 is 1.43 bits per heavy atom. The van der Waals surface area contributed by atoms with Crippen molar-refractivity contribution in [3.05, 3.63) is 0 Å². The third kappa shape index (κ3) is 6.35. The molecule has 0 aliphatic rings. The highest BCUT2D eigenvalue weighted by molar-refractivity contribution is 4.63. The molecule has 0 aliphatic heterocycles. The number of hydrogen-bond donors (Lipinski definition) is 1. The number of hydrogen-bond acceptors (Lipinski definition) is 3. The van der Waals surface area contributed by atoms with Gasteiger partial charge in [0.25, 0.3) is 0 Å². The van der Waals surface area contributed by atoms with Gasteiger partial charge in [0, 0.05) is 13.2 Å². The van der Waals surface area contributed by atoms with E-state index in [-0.39, 0.29) is 6.10 Å². The van der Waals surface area contributed by atoms with Crippen LogP contribution >= 0.6 is 0 Å². The highest BCUT2D eigenvalue weighted by Crippen LogP contribution is 2.04. The molecule has 0 amide bonds. The lowest BCUT2D eigenvalue weighted by atomic mass is 10.1. The van der Waals surface area contributed by atoms with Gasteiger partial charge in [0.1, 0.15) is 0 Å². The van der Waals surface area contributed by atoms with E-state index in [0.717, 1.165) is 32.4 Å². The molecule has 86 valence electrons. The second-order valence-corrected chi connectivity index (χ2v) is 3.99. The van der Waals surface area contributed by atoms with Crippen molar-refractivity contribution >= 4 is 0 Å². The summed E-state index contributed by atoms with van der Waals surface area (Å²) in [7, 11) is 3.83. The summed E-state index contributed by atoms with van der Waals surface area (Å²) in [5, 5.41) is 9.37.